The second kappa shape index (κ2) is 7.87. The molecule has 1 aliphatic heterocycles. The van der Waals surface area contributed by atoms with Gasteiger partial charge in [-0.3, -0.25) is 9.59 Å². The van der Waals surface area contributed by atoms with Gasteiger partial charge in [-0.1, -0.05) is 24.6 Å². The van der Waals surface area contributed by atoms with Crippen molar-refractivity contribution in [3.63, 3.8) is 0 Å². The minimum absolute atomic E-state index is 0.124. The van der Waals surface area contributed by atoms with E-state index in [2.05, 4.69) is 11.9 Å². The Bertz CT molecular complexity index is 1090. The summed E-state index contributed by atoms with van der Waals surface area (Å²) in [5, 5.41) is 0.476. The molecule has 1 saturated heterocycles. The molecular weight excluding hydrogens is 392 g/mol. The molecule has 3 aromatic rings. The van der Waals surface area contributed by atoms with E-state index in [1.54, 1.807) is 30.0 Å². The van der Waals surface area contributed by atoms with Crippen LogP contribution in [0.25, 0.3) is 22.6 Å². The van der Waals surface area contributed by atoms with E-state index in [0.29, 0.717) is 34.4 Å². The zero-order valence-corrected chi connectivity index (χ0v) is 17.0. The summed E-state index contributed by atoms with van der Waals surface area (Å²) in [7, 11) is 0. The van der Waals surface area contributed by atoms with Gasteiger partial charge in [0, 0.05) is 18.7 Å². The summed E-state index contributed by atoms with van der Waals surface area (Å²) in [5.74, 6) is -0.531. The van der Waals surface area contributed by atoms with Gasteiger partial charge < -0.3 is 14.1 Å². The fourth-order valence-electron chi connectivity index (χ4n) is 3.53. The molecule has 6 nitrogen and oxygen atoms in total. The Morgan fingerprint density at radius 2 is 2.10 bits per heavy atom. The first-order chi connectivity index (χ1) is 14.0. The number of halogens is 1. The van der Waals surface area contributed by atoms with Crippen LogP contribution in [0.2, 0.25) is 5.02 Å². The van der Waals surface area contributed by atoms with Gasteiger partial charge >= 0.3 is 5.97 Å². The van der Waals surface area contributed by atoms with E-state index in [4.69, 9.17) is 20.8 Å². The van der Waals surface area contributed by atoms with E-state index in [1.165, 1.54) is 5.56 Å². The number of amides is 1. The van der Waals surface area contributed by atoms with Crippen molar-refractivity contribution in [1.29, 1.82) is 0 Å². The molecule has 1 aliphatic rings. The van der Waals surface area contributed by atoms with E-state index in [9.17, 15) is 9.59 Å². The van der Waals surface area contributed by atoms with Crippen LogP contribution in [0.1, 0.15) is 25.8 Å². The molecule has 1 atom stereocenters. The highest BCUT2D eigenvalue weighted by Crippen LogP contribution is 2.35. The lowest BCUT2D eigenvalue weighted by atomic mass is 10.1. The van der Waals surface area contributed by atoms with Gasteiger partial charge in [0.15, 0.2) is 5.58 Å². The van der Waals surface area contributed by atoms with E-state index in [-0.39, 0.29) is 24.8 Å². The maximum Gasteiger partial charge on any atom is 0.311 e. The number of esters is 1. The lowest BCUT2D eigenvalue weighted by molar-refractivity contribution is -0.147. The number of benzene rings is 2. The highest BCUT2D eigenvalue weighted by Gasteiger charge is 2.36. The molecular formula is C22H21ClN2O4. The smallest absolute Gasteiger partial charge is 0.311 e. The number of carbonyl (C=O) groups is 2. The highest BCUT2D eigenvalue weighted by atomic mass is 35.5. The molecule has 2 aromatic carbocycles. The van der Waals surface area contributed by atoms with Crippen molar-refractivity contribution in [2.24, 2.45) is 5.92 Å². The fraction of sp³-hybridized carbons (Fsp3) is 0.318. The third kappa shape index (κ3) is 3.72. The lowest BCUT2D eigenvalue weighted by Crippen LogP contribution is -2.26. The molecule has 29 heavy (non-hydrogen) atoms. The third-order valence-corrected chi connectivity index (χ3v) is 5.43. The zero-order chi connectivity index (χ0) is 20.5. The molecule has 7 heteroatoms. The minimum atomic E-state index is -0.460. The second-order valence-electron chi connectivity index (χ2n) is 7.00. The first-order valence-electron chi connectivity index (χ1n) is 9.66. The Morgan fingerprint density at radius 3 is 2.86 bits per heavy atom. The number of nitrogens with zero attached hydrogens (tertiary/aromatic N) is 2. The summed E-state index contributed by atoms with van der Waals surface area (Å²) < 4.78 is 11.0. The van der Waals surface area contributed by atoms with Crippen LogP contribution < -0.4 is 4.90 Å². The number of oxazole rings is 1. The average molecular weight is 413 g/mol. The summed E-state index contributed by atoms with van der Waals surface area (Å²) in [6.07, 6.45) is 1.05. The zero-order valence-electron chi connectivity index (χ0n) is 16.3. The van der Waals surface area contributed by atoms with Crippen LogP contribution >= 0.6 is 11.6 Å². The van der Waals surface area contributed by atoms with Crippen LogP contribution in [-0.4, -0.2) is 30.0 Å². The standard InChI is InChI=1S/C22H21ClN2O4/c1-3-13-5-8-19-18(9-13)24-21(29-19)16-11-15(6-7-17(16)23)25-12-14(10-20(25)26)22(27)28-4-2/h5-9,11,14H,3-4,10,12H2,1-2H3/t14-/m0/s1. The molecule has 0 radical (unpaired) electrons. The Kier molecular flexibility index (Phi) is 5.28. The van der Waals surface area contributed by atoms with E-state index < -0.39 is 5.92 Å². The lowest BCUT2D eigenvalue weighted by Gasteiger charge is -2.17. The van der Waals surface area contributed by atoms with Crippen LogP contribution in [0, 0.1) is 5.92 Å². The molecule has 1 fully saturated rings. The fourth-order valence-corrected chi connectivity index (χ4v) is 3.73. The van der Waals surface area contributed by atoms with Crippen LogP contribution in [-0.2, 0) is 20.7 Å². The van der Waals surface area contributed by atoms with Crippen LogP contribution in [0.15, 0.2) is 40.8 Å². The molecule has 0 bridgehead atoms. The van der Waals surface area contributed by atoms with Crippen LogP contribution in [0.4, 0.5) is 5.69 Å². The van der Waals surface area contributed by atoms with Gasteiger partial charge in [-0.15, -0.1) is 0 Å². The van der Waals surface area contributed by atoms with Crippen molar-refractivity contribution in [3.05, 3.63) is 47.0 Å². The molecule has 0 unspecified atom stereocenters. The number of aryl methyl sites for hydroxylation is 1. The predicted octanol–water partition coefficient (Wildman–Crippen LogP) is 4.63. The minimum Gasteiger partial charge on any atom is -0.466 e. The molecule has 0 saturated carbocycles. The molecule has 150 valence electrons. The SMILES string of the molecule is CCOC(=O)[C@H]1CC(=O)N(c2ccc(Cl)c(-c3nc4cc(CC)ccc4o3)c2)C1. The van der Waals surface area contributed by atoms with Gasteiger partial charge in [0.1, 0.15) is 5.52 Å². The average Bonchev–Trinajstić information content (AvgIpc) is 3.31. The van der Waals surface area contributed by atoms with Crippen LogP contribution in [0.3, 0.4) is 0 Å². The molecule has 4 rings (SSSR count). The quantitative estimate of drug-likeness (QED) is 0.571. The maximum absolute atomic E-state index is 12.5. The number of aromatic nitrogens is 1. The van der Waals surface area contributed by atoms with E-state index >= 15 is 0 Å². The van der Waals surface area contributed by atoms with Gasteiger partial charge in [0.2, 0.25) is 11.8 Å². The van der Waals surface area contributed by atoms with Gasteiger partial charge in [-0.2, -0.15) is 0 Å². The van der Waals surface area contributed by atoms with Gasteiger partial charge in [-0.25, -0.2) is 4.98 Å². The predicted molar refractivity (Wildman–Crippen MR) is 111 cm³/mol. The Labute approximate surface area is 173 Å². The monoisotopic (exact) mass is 412 g/mol. The summed E-state index contributed by atoms with van der Waals surface area (Å²) in [6.45, 7) is 4.42. The highest BCUT2D eigenvalue weighted by molar-refractivity contribution is 6.33. The van der Waals surface area contributed by atoms with Crippen molar-refractivity contribution in [2.75, 3.05) is 18.1 Å². The number of hydrogen-bond donors (Lipinski definition) is 0. The summed E-state index contributed by atoms with van der Waals surface area (Å²) >= 11 is 6.40. The van der Waals surface area contributed by atoms with Crippen molar-refractivity contribution in [3.8, 4) is 11.5 Å². The topological polar surface area (TPSA) is 72.6 Å². The Morgan fingerprint density at radius 1 is 1.28 bits per heavy atom. The number of ether oxygens (including phenoxy) is 1. The summed E-state index contributed by atoms with van der Waals surface area (Å²) in [6, 6.07) is 11.1. The Hall–Kier alpha value is -2.86. The number of anilines is 1. The van der Waals surface area contributed by atoms with Crippen molar-refractivity contribution < 1.29 is 18.7 Å². The second-order valence-corrected chi connectivity index (χ2v) is 7.40. The Balaban J connectivity index is 1.66. The normalized spacial score (nSPS) is 16.6. The van der Waals surface area contributed by atoms with Crippen molar-refractivity contribution in [1.82, 2.24) is 4.98 Å². The van der Waals surface area contributed by atoms with Crippen LogP contribution in [0.5, 0.6) is 0 Å². The molecule has 0 spiro atoms. The first-order valence-corrected chi connectivity index (χ1v) is 10.0. The van der Waals surface area contributed by atoms with Gasteiger partial charge in [-0.05, 0) is 49.2 Å². The number of hydrogen-bond acceptors (Lipinski definition) is 5. The molecule has 1 aromatic heterocycles. The number of fused-ring (bicyclic) bond motifs is 1. The third-order valence-electron chi connectivity index (χ3n) is 5.10. The molecule has 0 N–H and O–H groups in total. The van der Waals surface area contributed by atoms with Crippen molar-refractivity contribution in [2.45, 2.75) is 26.7 Å². The van der Waals surface area contributed by atoms with Gasteiger partial charge in [0.05, 0.1) is 23.1 Å². The summed E-state index contributed by atoms with van der Waals surface area (Å²) in [5.41, 5.74) is 3.87. The van der Waals surface area contributed by atoms with E-state index in [0.717, 1.165) is 11.9 Å². The van der Waals surface area contributed by atoms with Crippen molar-refractivity contribution >= 4 is 40.3 Å². The maximum atomic E-state index is 12.5. The number of rotatable bonds is 5. The molecule has 0 aliphatic carbocycles. The van der Waals surface area contributed by atoms with Gasteiger partial charge in [0.25, 0.3) is 0 Å². The molecule has 2 heterocycles. The largest absolute Gasteiger partial charge is 0.466 e. The summed E-state index contributed by atoms with van der Waals surface area (Å²) in [4.78, 5) is 30.7. The van der Waals surface area contributed by atoms with E-state index in [1.807, 2.05) is 18.2 Å². The first kappa shape index (κ1) is 19.5. The number of carbonyl (C=O) groups excluding carboxylic acids is 2. The molecule has 1 amide bonds.